The van der Waals surface area contributed by atoms with E-state index in [-0.39, 0.29) is 23.9 Å². The zero-order chi connectivity index (χ0) is 16.9. The van der Waals surface area contributed by atoms with E-state index < -0.39 is 0 Å². The molecule has 2 atom stereocenters. The molecule has 1 rings (SSSR count). The minimum atomic E-state index is -0.204. The van der Waals surface area contributed by atoms with Crippen LogP contribution in [-0.2, 0) is 0 Å². The van der Waals surface area contributed by atoms with Gasteiger partial charge in [-0.05, 0) is 37.8 Å². The van der Waals surface area contributed by atoms with Crippen LogP contribution in [0.25, 0.3) is 0 Å². The van der Waals surface area contributed by atoms with E-state index in [1.807, 2.05) is 41.5 Å². The first-order valence-electron chi connectivity index (χ1n) is 7.94. The van der Waals surface area contributed by atoms with E-state index in [9.17, 15) is 9.59 Å². The SMILES string of the molecule is CC(C)[C@H](C)NC(=O)c1ccccc1C(=O)N[C@H](C)C(C)C. The lowest BCUT2D eigenvalue weighted by atomic mass is 10.0. The van der Waals surface area contributed by atoms with E-state index in [4.69, 9.17) is 0 Å². The van der Waals surface area contributed by atoms with E-state index in [0.717, 1.165) is 0 Å². The van der Waals surface area contributed by atoms with E-state index in [2.05, 4.69) is 10.6 Å². The maximum absolute atomic E-state index is 12.4. The highest BCUT2D eigenvalue weighted by Gasteiger charge is 2.20. The first-order chi connectivity index (χ1) is 10.2. The predicted molar refractivity (Wildman–Crippen MR) is 90.0 cm³/mol. The summed E-state index contributed by atoms with van der Waals surface area (Å²) in [6.45, 7) is 12.1. The van der Waals surface area contributed by atoms with Gasteiger partial charge in [-0.15, -0.1) is 0 Å². The van der Waals surface area contributed by atoms with Crippen molar-refractivity contribution >= 4 is 11.8 Å². The molecule has 22 heavy (non-hydrogen) atoms. The third-order valence-electron chi connectivity index (χ3n) is 4.13. The van der Waals surface area contributed by atoms with E-state index in [1.165, 1.54) is 0 Å². The summed E-state index contributed by atoms with van der Waals surface area (Å²) in [5.74, 6) is 0.269. The van der Waals surface area contributed by atoms with Gasteiger partial charge < -0.3 is 10.6 Å². The summed E-state index contributed by atoms with van der Waals surface area (Å²) in [6.07, 6.45) is 0. The Balaban J connectivity index is 2.94. The molecular formula is C18H28N2O2. The lowest BCUT2D eigenvalue weighted by Gasteiger charge is -2.20. The highest BCUT2D eigenvalue weighted by atomic mass is 16.2. The van der Waals surface area contributed by atoms with Crippen molar-refractivity contribution in [2.45, 2.75) is 53.6 Å². The standard InChI is InChI=1S/C18H28N2O2/c1-11(2)13(5)19-17(21)15-9-7-8-10-16(15)18(22)20-14(6)12(3)4/h7-14H,1-6H3,(H,19,21)(H,20,22)/t13-,14+. The molecule has 4 heteroatoms. The largest absolute Gasteiger partial charge is 0.349 e. The van der Waals surface area contributed by atoms with Crippen molar-refractivity contribution in [1.82, 2.24) is 10.6 Å². The van der Waals surface area contributed by atoms with Crippen LogP contribution in [0, 0.1) is 11.8 Å². The highest BCUT2D eigenvalue weighted by Crippen LogP contribution is 2.12. The Hall–Kier alpha value is -1.84. The van der Waals surface area contributed by atoms with Gasteiger partial charge in [-0.3, -0.25) is 9.59 Å². The topological polar surface area (TPSA) is 58.2 Å². The van der Waals surface area contributed by atoms with Gasteiger partial charge in [-0.25, -0.2) is 0 Å². The van der Waals surface area contributed by atoms with Gasteiger partial charge >= 0.3 is 0 Å². The Morgan fingerprint density at radius 2 is 1.05 bits per heavy atom. The number of hydrogen-bond acceptors (Lipinski definition) is 2. The minimum Gasteiger partial charge on any atom is -0.349 e. The van der Waals surface area contributed by atoms with Gasteiger partial charge in [-0.1, -0.05) is 39.8 Å². The summed E-state index contributed by atoms with van der Waals surface area (Å²) in [6, 6.07) is 7.04. The van der Waals surface area contributed by atoms with Gasteiger partial charge in [0, 0.05) is 12.1 Å². The molecule has 0 aromatic heterocycles. The molecular weight excluding hydrogens is 276 g/mol. The van der Waals surface area contributed by atoms with Crippen LogP contribution in [0.15, 0.2) is 24.3 Å². The number of carbonyl (C=O) groups is 2. The van der Waals surface area contributed by atoms with Crippen LogP contribution in [0.1, 0.15) is 62.3 Å². The number of rotatable bonds is 6. The van der Waals surface area contributed by atoms with E-state index in [1.54, 1.807) is 24.3 Å². The molecule has 0 saturated carbocycles. The molecule has 0 aliphatic heterocycles. The fourth-order valence-corrected chi connectivity index (χ4v) is 1.78. The summed E-state index contributed by atoms with van der Waals surface area (Å²) < 4.78 is 0. The summed E-state index contributed by atoms with van der Waals surface area (Å²) in [5.41, 5.74) is 0.840. The van der Waals surface area contributed by atoms with Gasteiger partial charge in [0.1, 0.15) is 0 Å². The van der Waals surface area contributed by atoms with Crippen LogP contribution in [0.2, 0.25) is 0 Å². The van der Waals surface area contributed by atoms with Crippen LogP contribution in [0.5, 0.6) is 0 Å². The Morgan fingerprint density at radius 1 is 0.727 bits per heavy atom. The first kappa shape index (κ1) is 18.2. The van der Waals surface area contributed by atoms with Gasteiger partial charge in [0.15, 0.2) is 0 Å². The van der Waals surface area contributed by atoms with Crippen molar-refractivity contribution in [2.24, 2.45) is 11.8 Å². The normalized spacial score (nSPS) is 13.8. The lowest BCUT2D eigenvalue weighted by molar-refractivity contribution is 0.0895. The fraction of sp³-hybridized carbons (Fsp3) is 0.556. The molecule has 2 amide bonds. The second-order valence-corrected chi connectivity index (χ2v) is 6.56. The number of hydrogen-bond donors (Lipinski definition) is 2. The maximum atomic E-state index is 12.4. The lowest BCUT2D eigenvalue weighted by Crippen LogP contribution is -2.39. The Morgan fingerprint density at radius 3 is 1.32 bits per heavy atom. The zero-order valence-electron chi connectivity index (χ0n) is 14.4. The molecule has 0 aliphatic rings. The van der Waals surface area contributed by atoms with Crippen LogP contribution < -0.4 is 10.6 Å². The minimum absolute atomic E-state index is 0.0539. The predicted octanol–water partition coefficient (Wildman–Crippen LogP) is 3.24. The van der Waals surface area contributed by atoms with Crippen LogP contribution in [0.3, 0.4) is 0 Å². The molecule has 4 nitrogen and oxygen atoms in total. The molecule has 0 bridgehead atoms. The average Bonchev–Trinajstić information content (AvgIpc) is 2.46. The Kier molecular flexibility index (Phi) is 6.60. The molecule has 0 heterocycles. The average molecular weight is 304 g/mol. The number of carbonyl (C=O) groups excluding carboxylic acids is 2. The molecule has 122 valence electrons. The number of benzene rings is 1. The summed E-state index contributed by atoms with van der Waals surface area (Å²) >= 11 is 0. The summed E-state index contributed by atoms with van der Waals surface area (Å²) in [4.78, 5) is 24.8. The number of nitrogens with one attached hydrogen (secondary N) is 2. The van der Waals surface area contributed by atoms with Crippen molar-refractivity contribution in [1.29, 1.82) is 0 Å². The van der Waals surface area contributed by atoms with Crippen molar-refractivity contribution in [3.05, 3.63) is 35.4 Å². The second-order valence-electron chi connectivity index (χ2n) is 6.56. The van der Waals surface area contributed by atoms with E-state index >= 15 is 0 Å². The molecule has 0 spiro atoms. The second kappa shape index (κ2) is 7.97. The van der Waals surface area contributed by atoms with Crippen LogP contribution >= 0.6 is 0 Å². The van der Waals surface area contributed by atoms with E-state index in [0.29, 0.717) is 23.0 Å². The molecule has 1 aromatic rings. The van der Waals surface area contributed by atoms with Gasteiger partial charge in [0.05, 0.1) is 11.1 Å². The first-order valence-corrected chi connectivity index (χ1v) is 7.94. The zero-order valence-corrected chi connectivity index (χ0v) is 14.4. The van der Waals surface area contributed by atoms with Crippen LogP contribution in [-0.4, -0.2) is 23.9 Å². The highest BCUT2D eigenvalue weighted by molar-refractivity contribution is 6.07. The maximum Gasteiger partial charge on any atom is 0.252 e. The molecule has 0 aliphatic carbocycles. The quantitative estimate of drug-likeness (QED) is 0.847. The van der Waals surface area contributed by atoms with Crippen molar-refractivity contribution in [2.75, 3.05) is 0 Å². The van der Waals surface area contributed by atoms with Crippen LogP contribution in [0.4, 0.5) is 0 Å². The summed E-state index contributed by atoms with van der Waals surface area (Å²) in [5, 5.41) is 5.90. The number of amides is 2. The Bertz CT molecular complexity index is 477. The molecule has 0 unspecified atom stereocenters. The monoisotopic (exact) mass is 304 g/mol. The third kappa shape index (κ3) is 4.86. The van der Waals surface area contributed by atoms with Gasteiger partial charge in [0.2, 0.25) is 0 Å². The summed E-state index contributed by atoms with van der Waals surface area (Å²) in [7, 11) is 0. The smallest absolute Gasteiger partial charge is 0.252 e. The van der Waals surface area contributed by atoms with Crippen molar-refractivity contribution < 1.29 is 9.59 Å². The molecule has 0 fully saturated rings. The van der Waals surface area contributed by atoms with Crippen molar-refractivity contribution in [3.63, 3.8) is 0 Å². The van der Waals surface area contributed by atoms with Gasteiger partial charge in [0.25, 0.3) is 11.8 Å². The van der Waals surface area contributed by atoms with Gasteiger partial charge in [-0.2, -0.15) is 0 Å². The molecule has 1 aromatic carbocycles. The van der Waals surface area contributed by atoms with Crippen molar-refractivity contribution in [3.8, 4) is 0 Å². The Labute approximate surface area is 133 Å². The molecule has 0 radical (unpaired) electrons. The molecule has 0 saturated heterocycles. The molecule has 2 N–H and O–H groups in total. The third-order valence-corrected chi connectivity index (χ3v) is 4.13. The fourth-order valence-electron chi connectivity index (χ4n) is 1.78.